The van der Waals surface area contributed by atoms with E-state index < -0.39 is 6.10 Å². The molecular formula is C56H108O6. The molecule has 368 valence electrons. The van der Waals surface area contributed by atoms with Gasteiger partial charge in [-0.05, 0) is 19.3 Å². The zero-order valence-corrected chi connectivity index (χ0v) is 42.2. The Bertz CT molecular complexity index is 920. The van der Waals surface area contributed by atoms with Crippen molar-refractivity contribution in [1.82, 2.24) is 0 Å². The molecule has 6 heteroatoms. The molecule has 0 saturated carbocycles. The van der Waals surface area contributed by atoms with Crippen LogP contribution in [0.25, 0.3) is 0 Å². The molecule has 0 aromatic rings. The second kappa shape index (κ2) is 52.0. The maximum absolute atomic E-state index is 12.8. The molecule has 0 radical (unpaired) electrons. The number of hydrogen-bond acceptors (Lipinski definition) is 6. The third kappa shape index (κ3) is 49.4. The van der Waals surface area contributed by atoms with E-state index in [4.69, 9.17) is 14.2 Å². The summed E-state index contributed by atoms with van der Waals surface area (Å²) in [5.74, 6) is -0.834. The molecule has 0 aromatic heterocycles. The molecule has 0 fully saturated rings. The quantitative estimate of drug-likeness (QED) is 0.0344. The number of unbranched alkanes of at least 4 members (excludes halogenated alkanes) is 41. The summed E-state index contributed by atoms with van der Waals surface area (Å²) in [7, 11) is 0. The molecule has 0 N–H and O–H groups in total. The van der Waals surface area contributed by atoms with Gasteiger partial charge in [-0.15, -0.1) is 0 Å². The Hall–Kier alpha value is -1.59. The van der Waals surface area contributed by atoms with Crippen LogP contribution in [0.5, 0.6) is 0 Å². The predicted molar refractivity (Wildman–Crippen MR) is 266 cm³/mol. The fourth-order valence-electron chi connectivity index (χ4n) is 8.62. The van der Waals surface area contributed by atoms with E-state index in [2.05, 4.69) is 20.8 Å². The van der Waals surface area contributed by atoms with Gasteiger partial charge in [0.25, 0.3) is 0 Å². The zero-order chi connectivity index (χ0) is 45.1. The summed E-state index contributed by atoms with van der Waals surface area (Å²) in [6.45, 7) is 6.70. The Morgan fingerprint density at radius 1 is 0.258 bits per heavy atom. The fourth-order valence-corrected chi connectivity index (χ4v) is 8.62. The van der Waals surface area contributed by atoms with Crippen molar-refractivity contribution in [2.45, 2.75) is 329 Å². The number of carbonyl (C=O) groups excluding carboxylic acids is 3. The first kappa shape index (κ1) is 60.4. The smallest absolute Gasteiger partial charge is 0.306 e. The van der Waals surface area contributed by atoms with Gasteiger partial charge in [-0.2, -0.15) is 0 Å². The van der Waals surface area contributed by atoms with E-state index in [0.717, 1.165) is 57.8 Å². The molecule has 0 aliphatic rings. The van der Waals surface area contributed by atoms with Crippen molar-refractivity contribution < 1.29 is 28.6 Å². The predicted octanol–water partition coefficient (Wildman–Crippen LogP) is 18.4. The lowest BCUT2D eigenvalue weighted by Crippen LogP contribution is -2.30. The van der Waals surface area contributed by atoms with Crippen LogP contribution in [0.4, 0.5) is 0 Å². The van der Waals surface area contributed by atoms with Gasteiger partial charge in [-0.1, -0.05) is 284 Å². The summed E-state index contributed by atoms with van der Waals surface area (Å²) >= 11 is 0. The van der Waals surface area contributed by atoms with Crippen LogP contribution >= 0.6 is 0 Å². The molecule has 0 bridgehead atoms. The number of carbonyl (C=O) groups is 3. The standard InChI is InChI=1S/C56H108O6/c1-4-7-10-13-16-19-22-25-27-29-32-34-37-40-43-46-49-55(58)61-52-53(62-56(59)50-47-44-41-38-35-30-24-21-18-15-12-9-6-3)51-60-54(57)48-45-42-39-36-33-31-28-26-23-20-17-14-11-8-5-2/h53H,4-52H2,1-3H3/t53-/m0/s1. The van der Waals surface area contributed by atoms with Crippen molar-refractivity contribution in [2.75, 3.05) is 13.2 Å². The largest absolute Gasteiger partial charge is 0.462 e. The lowest BCUT2D eigenvalue weighted by atomic mass is 10.0. The van der Waals surface area contributed by atoms with Crippen molar-refractivity contribution in [1.29, 1.82) is 0 Å². The van der Waals surface area contributed by atoms with Crippen LogP contribution in [0, 0.1) is 0 Å². The molecule has 6 nitrogen and oxygen atoms in total. The normalized spacial score (nSPS) is 11.9. The molecule has 0 amide bonds. The number of rotatable bonds is 52. The third-order valence-corrected chi connectivity index (χ3v) is 12.9. The molecule has 0 aliphatic heterocycles. The molecule has 0 spiro atoms. The van der Waals surface area contributed by atoms with E-state index in [0.29, 0.717) is 19.3 Å². The maximum Gasteiger partial charge on any atom is 0.306 e. The van der Waals surface area contributed by atoms with Gasteiger partial charge < -0.3 is 14.2 Å². The maximum atomic E-state index is 12.8. The first-order valence-corrected chi connectivity index (χ1v) is 28.0. The van der Waals surface area contributed by atoms with Gasteiger partial charge in [-0.3, -0.25) is 14.4 Å². The lowest BCUT2D eigenvalue weighted by molar-refractivity contribution is -0.167. The van der Waals surface area contributed by atoms with E-state index in [1.807, 2.05) is 0 Å². The molecule has 0 unspecified atom stereocenters. The van der Waals surface area contributed by atoms with Crippen LogP contribution in [-0.2, 0) is 28.6 Å². The second-order valence-electron chi connectivity index (χ2n) is 19.2. The van der Waals surface area contributed by atoms with Crippen LogP contribution in [0.15, 0.2) is 0 Å². The summed E-state index contributed by atoms with van der Waals surface area (Å²) in [4.78, 5) is 38.1. The van der Waals surface area contributed by atoms with Gasteiger partial charge in [0, 0.05) is 19.3 Å². The fraction of sp³-hybridized carbons (Fsp3) is 0.946. The molecular weight excluding hydrogens is 769 g/mol. The van der Waals surface area contributed by atoms with Crippen molar-refractivity contribution in [3.05, 3.63) is 0 Å². The minimum Gasteiger partial charge on any atom is -0.462 e. The van der Waals surface area contributed by atoms with Gasteiger partial charge in [0.15, 0.2) is 6.10 Å². The minimum absolute atomic E-state index is 0.0612. The average Bonchev–Trinajstić information content (AvgIpc) is 3.27. The Kier molecular flexibility index (Phi) is 50.7. The molecule has 1 atom stereocenters. The van der Waals surface area contributed by atoms with Crippen LogP contribution < -0.4 is 0 Å². The van der Waals surface area contributed by atoms with Gasteiger partial charge in [0.05, 0.1) is 0 Å². The molecule has 0 saturated heterocycles. The van der Waals surface area contributed by atoms with Crippen molar-refractivity contribution in [3.63, 3.8) is 0 Å². The topological polar surface area (TPSA) is 78.9 Å². The minimum atomic E-state index is -0.760. The summed E-state index contributed by atoms with van der Waals surface area (Å²) in [6, 6.07) is 0. The first-order valence-electron chi connectivity index (χ1n) is 28.0. The summed E-state index contributed by atoms with van der Waals surface area (Å²) in [5.41, 5.74) is 0. The van der Waals surface area contributed by atoms with Gasteiger partial charge in [0.1, 0.15) is 13.2 Å². The zero-order valence-electron chi connectivity index (χ0n) is 42.2. The van der Waals surface area contributed by atoms with Crippen molar-refractivity contribution >= 4 is 17.9 Å². The highest BCUT2D eigenvalue weighted by molar-refractivity contribution is 5.71. The van der Waals surface area contributed by atoms with E-state index in [9.17, 15) is 14.4 Å². The summed E-state index contributed by atoms with van der Waals surface area (Å²) < 4.78 is 16.9. The Labute approximate surface area is 387 Å². The highest BCUT2D eigenvalue weighted by atomic mass is 16.6. The van der Waals surface area contributed by atoms with Gasteiger partial charge in [-0.25, -0.2) is 0 Å². The Morgan fingerprint density at radius 3 is 0.645 bits per heavy atom. The van der Waals surface area contributed by atoms with Gasteiger partial charge in [0.2, 0.25) is 0 Å². The van der Waals surface area contributed by atoms with Gasteiger partial charge >= 0.3 is 17.9 Å². The first-order chi connectivity index (χ1) is 30.5. The summed E-state index contributed by atoms with van der Waals surface area (Å²) in [5, 5.41) is 0. The average molecular weight is 877 g/mol. The summed E-state index contributed by atoms with van der Waals surface area (Å²) in [6.07, 6.45) is 56.6. The molecule has 0 aromatic carbocycles. The Morgan fingerprint density at radius 2 is 0.435 bits per heavy atom. The van der Waals surface area contributed by atoms with E-state index >= 15 is 0 Å². The van der Waals surface area contributed by atoms with Crippen LogP contribution in [0.3, 0.4) is 0 Å². The molecule has 0 rings (SSSR count). The SMILES string of the molecule is CCCCCCCCCCCCCCCCCCC(=O)OC[C@H](COC(=O)CCCCCCCCCCCCCCCCC)OC(=O)CCCCCCCCCCCCCCC. The van der Waals surface area contributed by atoms with E-state index in [-0.39, 0.29) is 31.1 Å². The highest BCUT2D eigenvalue weighted by Gasteiger charge is 2.19. The third-order valence-electron chi connectivity index (χ3n) is 12.9. The van der Waals surface area contributed by atoms with E-state index in [1.54, 1.807) is 0 Å². The molecule has 62 heavy (non-hydrogen) atoms. The highest BCUT2D eigenvalue weighted by Crippen LogP contribution is 2.17. The number of esters is 3. The molecule has 0 aliphatic carbocycles. The lowest BCUT2D eigenvalue weighted by Gasteiger charge is -2.18. The number of hydrogen-bond donors (Lipinski definition) is 0. The van der Waals surface area contributed by atoms with Crippen LogP contribution in [0.1, 0.15) is 323 Å². The number of ether oxygens (including phenoxy) is 3. The Balaban J connectivity index is 4.28. The van der Waals surface area contributed by atoms with Crippen LogP contribution in [0.2, 0.25) is 0 Å². The van der Waals surface area contributed by atoms with Crippen molar-refractivity contribution in [2.24, 2.45) is 0 Å². The van der Waals surface area contributed by atoms with Crippen LogP contribution in [-0.4, -0.2) is 37.2 Å². The van der Waals surface area contributed by atoms with Crippen molar-refractivity contribution in [3.8, 4) is 0 Å². The van der Waals surface area contributed by atoms with E-state index in [1.165, 1.54) is 225 Å². The second-order valence-corrected chi connectivity index (χ2v) is 19.2. The molecule has 0 heterocycles. The monoisotopic (exact) mass is 877 g/mol.